The Bertz CT molecular complexity index is 1370. The summed E-state index contributed by atoms with van der Waals surface area (Å²) in [5.74, 6) is -0.299. The number of nitrogens with one attached hydrogen (secondary N) is 1. The summed E-state index contributed by atoms with van der Waals surface area (Å²) in [6, 6.07) is 13.7. The van der Waals surface area contributed by atoms with Gasteiger partial charge < -0.3 is 14.5 Å². The van der Waals surface area contributed by atoms with Gasteiger partial charge in [-0.25, -0.2) is 0 Å². The van der Waals surface area contributed by atoms with Crippen molar-refractivity contribution in [2.45, 2.75) is 0 Å². The molecule has 0 spiro atoms. The number of thioether (sulfide) groups is 1. The average molecular weight is 514 g/mol. The van der Waals surface area contributed by atoms with Gasteiger partial charge in [0.1, 0.15) is 23.8 Å². The molecular weight excluding hydrogens is 498 g/mol. The third-order valence-corrected chi connectivity index (χ3v) is 6.02. The fourth-order valence-corrected chi connectivity index (χ4v) is 4.16. The third kappa shape index (κ3) is 5.36. The van der Waals surface area contributed by atoms with Crippen LogP contribution in [0.1, 0.15) is 5.76 Å². The largest absolute Gasteiger partial charge is 0.496 e. The van der Waals surface area contributed by atoms with Crippen LogP contribution < -0.4 is 10.1 Å². The van der Waals surface area contributed by atoms with Gasteiger partial charge in [0.05, 0.1) is 28.6 Å². The topological polar surface area (TPSA) is 132 Å². The van der Waals surface area contributed by atoms with Crippen LogP contribution in [0.5, 0.6) is 5.75 Å². The first-order valence-electron chi connectivity index (χ1n) is 9.98. The highest BCUT2D eigenvalue weighted by Crippen LogP contribution is 2.36. The van der Waals surface area contributed by atoms with Gasteiger partial charge in [-0.05, 0) is 54.2 Å². The van der Waals surface area contributed by atoms with Crippen LogP contribution >= 0.6 is 23.4 Å². The molecule has 4 rings (SSSR count). The Hall–Kier alpha value is -4.09. The van der Waals surface area contributed by atoms with Crippen molar-refractivity contribution >= 4 is 57.9 Å². The summed E-state index contributed by atoms with van der Waals surface area (Å²) in [4.78, 5) is 48.8. The van der Waals surface area contributed by atoms with Crippen molar-refractivity contribution < 1.29 is 28.5 Å². The number of amides is 3. The number of nitro benzene ring substituents is 1. The van der Waals surface area contributed by atoms with Gasteiger partial charge in [-0.2, -0.15) is 0 Å². The van der Waals surface area contributed by atoms with Crippen LogP contribution in [0.2, 0.25) is 5.02 Å². The predicted molar refractivity (Wildman–Crippen MR) is 130 cm³/mol. The number of carbonyl (C=O) groups excluding carboxylic acids is 3. The first-order valence-corrected chi connectivity index (χ1v) is 11.2. The van der Waals surface area contributed by atoms with Gasteiger partial charge >= 0.3 is 0 Å². The molecule has 1 saturated heterocycles. The Morgan fingerprint density at radius 3 is 2.63 bits per heavy atom. The monoisotopic (exact) mass is 513 g/mol. The lowest BCUT2D eigenvalue weighted by Gasteiger charge is -2.12. The molecule has 10 nitrogen and oxygen atoms in total. The summed E-state index contributed by atoms with van der Waals surface area (Å²) in [6.07, 6.45) is 1.39. The van der Waals surface area contributed by atoms with Crippen molar-refractivity contribution in [3.05, 3.63) is 80.4 Å². The molecule has 3 aromatic rings. The maximum atomic E-state index is 12.7. The van der Waals surface area contributed by atoms with Gasteiger partial charge in [-0.1, -0.05) is 11.6 Å². The molecule has 12 heteroatoms. The molecule has 0 radical (unpaired) electrons. The number of anilines is 1. The van der Waals surface area contributed by atoms with Crippen LogP contribution in [0, 0.1) is 10.1 Å². The number of carbonyl (C=O) groups is 3. The van der Waals surface area contributed by atoms with E-state index in [1.165, 1.54) is 31.4 Å². The van der Waals surface area contributed by atoms with Crippen molar-refractivity contribution in [2.75, 3.05) is 19.0 Å². The standard InChI is InChI=1S/C23H16ClN3O7S/c1-33-19-10-15(27(31)32)6-8-17(19)18-9-7-16(34-18)11-20-22(29)26(23(30)35-20)12-21(28)25-14-4-2-13(24)3-5-14/h2-11H,12H2,1H3,(H,25,28)/b20-11+. The SMILES string of the molecule is COc1cc([N+](=O)[O-])ccc1-c1ccc(/C=C2/SC(=O)N(CC(=O)Nc3ccc(Cl)cc3)C2=O)o1. The number of hydrogen-bond donors (Lipinski definition) is 1. The molecule has 2 aromatic carbocycles. The quantitative estimate of drug-likeness (QED) is 0.259. The van der Waals surface area contributed by atoms with E-state index in [1.807, 2.05) is 0 Å². The first kappa shape index (κ1) is 24.0. The number of non-ortho nitro benzene ring substituents is 1. The minimum atomic E-state index is -0.628. The van der Waals surface area contributed by atoms with Crippen LogP contribution in [0.15, 0.2) is 63.9 Å². The van der Waals surface area contributed by atoms with Gasteiger partial charge in [0.15, 0.2) is 0 Å². The van der Waals surface area contributed by atoms with Crippen molar-refractivity contribution in [3.63, 3.8) is 0 Å². The second kappa shape index (κ2) is 10.0. The number of benzene rings is 2. The number of ether oxygens (including phenoxy) is 1. The molecule has 0 unspecified atom stereocenters. The maximum absolute atomic E-state index is 12.7. The minimum Gasteiger partial charge on any atom is -0.496 e. The van der Waals surface area contributed by atoms with Gasteiger partial charge in [0.2, 0.25) is 5.91 Å². The molecule has 1 N–H and O–H groups in total. The summed E-state index contributed by atoms with van der Waals surface area (Å²) in [6.45, 7) is -0.450. The second-order valence-electron chi connectivity index (χ2n) is 7.17. The van der Waals surface area contributed by atoms with E-state index >= 15 is 0 Å². The number of methoxy groups -OCH3 is 1. The average Bonchev–Trinajstić information content (AvgIpc) is 3.40. The van der Waals surface area contributed by atoms with Crippen molar-refractivity contribution in [1.29, 1.82) is 0 Å². The molecule has 178 valence electrons. The lowest BCUT2D eigenvalue weighted by molar-refractivity contribution is -0.384. The smallest absolute Gasteiger partial charge is 0.294 e. The summed E-state index contributed by atoms with van der Waals surface area (Å²) in [5, 5.41) is 13.5. The predicted octanol–water partition coefficient (Wildman–Crippen LogP) is 5.19. The molecule has 1 aromatic heterocycles. The highest BCUT2D eigenvalue weighted by molar-refractivity contribution is 8.18. The van der Waals surface area contributed by atoms with E-state index in [9.17, 15) is 24.5 Å². The molecule has 0 saturated carbocycles. The number of hydrogen-bond acceptors (Lipinski definition) is 8. The zero-order chi connectivity index (χ0) is 25.1. The Kier molecular flexibility index (Phi) is 6.90. The Morgan fingerprint density at radius 1 is 1.20 bits per heavy atom. The van der Waals surface area contributed by atoms with E-state index in [0.717, 1.165) is 4.90 Å². The molecular formula is C23H16ClN3O7S. The minimum absolute atomic E-state index is 0.0888. The number of halogens is 1. The Labute approximate surface area is 207 Å². The number of nitro groups is 1. The van der Waals surface area contributed by atoms with E-state index in [4.69, 9.17) is 20.8 Å². The molecule has 0 aliphatic carbocycles. The molecule has 2 heterocycles. The van der Waals surface area contributed by atoms with Gasteiger partial charge in [0, 0.05) is 22.9 Å². The summed E-state index contributed by atoms with van der Waals surface area (Å²) in [7, 11) is 1.38. The number of nitrogens with zero attached hydrogens (tertiary/aromatic N) is 2. The molecule has 1 aliphatic heterocycles. The molecule has 3 amide bonds. The van der Waals surface area contributed by atoms with E-state index in [0.29, 0.717) is 33.8 Å². The van der Waals surface area contributed by atoms with Gasteiger partial charge in [-0.15, -0.1) is 0 Å². The summed E-state index contributed by atoms with van der Waals surface area (Å²) >= 11 is 6.50. The third-order valence-electron chi connectivity index (χ3n) is 4.86. The summed E-state index contributed by atoms with van der Waals surface area (Å²) < 4.78 is 11.0. The van der Waals surface area contributed by atoms with Crippen LogP contribution in [-0.4, -0.2) is 40.5 Å². The second-order valence-corrected chi connectivity index (χ2v) is 8.60. The Morgan fingerprint density at radius 2 is 1.94 bits per heavy atom. The highest BCUT2D eigenvalue weighted by atomic mass is 35.5. The highest BCUT2D eigenvalue weighted by Gasteiger charge is 2.36. The lowest BCUT2D eigenvalue weighted by atomic mass is 10.1. The van der Waals surface area contributed by atoms with Crippen molar-refractivity contribution in [3.8, 4) is 17.1 Å². The summed E-state index contributed by atoms with van der Waals surface area (Å²) in [5.41, 5.74) is 0.822. The molecule has 0 bridgehead atoms. The van der Waals surface area contributed by atoms with Crippen LogP contribution in [0.4, 0.5) is 16.2 Å². The fourth-order valence-electron chi connectivity index (χ4n) is 3.22. The number of furan rings is 1. The van der Waals surface area contributed by atoms with E-state index in [1.54, 1.807) is 36.4 Å². The molecule has 1 aliphatic rings. The Balaban J connectivity index is 1.48. The van der Waals surface area contributed by atoms with Gasteiger partial charge in [-0.3, -0.25) is 29.4 Å². The zero-order valence-electron chi connectivity index (χ0n) is 18.0. The van der Waals surface area contributed by atoms with E-state index in [2.05, 4.69) is 5.32 Å². The van der Waals surface area contributed by atoms with Gasteiger partial charge in [0.25, 0.3) is 16.8 Å². The van der Waals surface area contributed by atoms with E-state index in [-0.39, 0.29) is 22.1 Å². The first-order chi connectivity index (χ1) is 16.7. The zero-order valence-corrected chi connectivity index (χ0v) is 19.6. The van der Waals surface area contributed by atoms with Crippen LogP contribution in [0.3, 0.4) is 0 Å². The fraction of sp³-hybridized carbons (Fsp3) is 0.0870. The number of imide groups is 1. The lowest BCUT2D eigenvalue weighted by Crippen LogP contribution is -2.36. The normalized spacial score (nSPS) is 14.5. The van der Waals surface area contributed by atoms with Crippen LogP contribution in [0.25, 0.3) is 17.4 Å². The van der Waals surface area contributed by atoms with E-state index < -0.39 is 28.5 Å². The molecule has 0 atom stereocenters. The molecule has 1 fully saturated rings. The molecule has 35 heavy (non-hydrogen) atoms. The number of rotatable bonds is 7. The van der Waals surface area contributed by atoms with Crippen molar-refractivity contribution in [2.24, 2.45) is 0 Å². The van der Waals surface area contributed by atoms with Crippen LogP contribution in [-0.2, 0) is 9.59 Å². The maximum Gasteiger partial charge on any atom is 0.294 e. The van der Waals surface area contributed by atoms with Crippen molar-refractivity contribution in [1.82, 2.24) is 4.90 Å².